The number of rotatable bonds is 5. The summed E-state index contributed by atoms with van der Waals surface area (Å²) in [5.74, 6) is 0.0581. The van der Waals surface area contributed by atoms with E-state index >= 15 is 0 Å². The molecule has 90 valence electrons. The summed E-state index contributed by atoms with van der Waals surface area (Å²) >= 11 is 0. The summed E-state index contributed by atoms with van der Waals surface area (Å²) in [5, 5.41) is 8.64. The van der Waals surface area contributed by atoms with Gasteiger partial charge in [0.15, 0.2) is 0 Å². The van der Waals surface area contributed by atoms with E-state index in [1.54, 1.807) is 6.26 Å². The first-order valence-corrected chi connectivity index (χ1v) is 5.60. The van der Waals surface area contributed by atoms with E-state index in [1.807, 2.05) is 31.2 Å². The number of nitrogens with zero attached hydrogens (tertiary/aromatic N) is 1. The third-order valence-electron chi connectivity index (χ3n) is 2.74. The highest BCUT2D eigenvalue weighted by molar-refractivity contribution is 5.66. The minimum atomic E-state index is -0.755. The average Bonchev–Trinajstić information content (AvgIpc) is 2.88. The lowest BCUT2D eigenvalue weighted by atomic mass is 10.3. The molecule has 2 heterocycles. The Hall–Kier alpha value is -1.97. The van der Waals surface area contributed by atoms with Crippen LogP contribution in [0.3, 0.4) is 0 Å². The molecule has 0 unspecified atom stereocenters. The highest BCUT2D eigenvalue weighted by atomic mass is 16.4. The van der Waals surface area contributed by atoms with E-state index in [4.69, 9.17) is 9.52 Å². The molecule has 0 spiro atoms. The molecule has 2 aromatic heterocycles. The molecule has 0 fully saturated rings. The molecule has 0 amide bonds. The molecule has 4 heteroatoms. The second-order valence-corrected chi connectivity index (χ2v) is 3.99. The van der Waals surface area contributed by atoms with Crippen molar-refractivity contribution in [3.63, 3.8) is 0 Å². The monoisotopic (exact) mass is 233 g/mol. The van der Waals surface area contributed by atoms with E-state index in [2.05, 4.69) is 4.57 Å². The number of carboxylic acids is 1. The molecule has 0 saturated heterocycles. The molecule has 0 aliphatic heterocycles. The van der Waals surface area contributed by atoms with Gasteiger partial charge in [-0.2, -0.15) is 0 Å². The van der Waals surface area contributed by atoms with Gasteiger partial charge in [0.05, 0.1) is 12.0 Å². The van der Waals surface area contributed by atoms with E-state index in [1.165, 1.54) is 0 Å². The molecule has 0 bridgehead atoms. The van der Waals surface area contributed by atoms with Crippen molar-refractivity contribution < 1.29 is 14.3 Å². The van der Waals surface area contributed by atoms with Crippen LogP contribution in [0.2, 0.25) is 0 Å². The summed E-state index contributed by atoms with van der Waals surface area (Å²) in [5.41, 5.74) is 2.11. The summed E-state index contributed by atoms with van der Waals surface area (Å²) in [6.45, 7) is 2.70. The van der Waals surface area contributed by atoms with Gasteiger partial charge in [-0.25, -0.2) is 0 Å². The van der Waals surface area contributed by atoms with Gasteiger partial charge in [-0.15, -0.1) is 0 Å². The van der Waals surface area contributed by atoms with Crippen LogP contribution in [0.15, 0.2) is 34.9 Å². The normalized spacial score (nSPS) is 10.6. The van der Waals surface area contributed by atoms with Gasteiger partial charge in [0, 0.05) is 18.7 Å². The molecular formula is C13H15NO3. The van der Waals surface area contributed by atoms with Crippen molar-refractivity contribution in [3.05, 3.63) is 36.2 Å². The number of hydrogen-bond acceptors (Lipinski definition) is 2. The third kappa shape index (κ3) is 2.58. The second-order valence-electron chi connectivity index (χ2n) is 3.99. The summed E-state index contributed by atoms with van der Waals surface area (Å²) in [6, 6.07) is 7.76. The van der Waals surface area contributed by atoms with Gasteiger partial charge >= 0.3 is 5.97 Å². The highest BCUT2D eigenvalue weighted by Gasteiger charge is 2.09. The van der Waals surface area contributed by atoms with Gasteiger partial charge in [-0.3, -0.25) is 4.79 Å². The molecule has 0 radical (unpaired) electrons. The standard InChI is InChI=1S/C13H15NO3/c1-10-6-7-11(12-4-3-9-17-12)14(10)8-2-5-13(15)16/h3-4,6-7,9H,2,5,8H2,1H3,(H,15,16). The number of hydrogen-bond donors (Lipinski definition) is 1. The van der Waals surface area contributed by atoms with Crippen molar-refractivity contribution in [1.29, 1.82) is 0 Å². The lowest BCUT2D eigenvalue weighted by Gasteiger charge is -2.09. The predicted octanol–water partition coefficient (Wildman–Crippen LogP) is 2.92. The Morgan fingerprint density at radius 2 is 2.24 bits per heavy atom. The number of furan rings is 1. The van der Waals surface area contributed by atoms with E-state index in [0.29, 0.717) is 13.0 Å². The first kappa shape index (κ1) is 11.5. The van der Waals surface area contributed by atoms with Gasteiger partial charge in [0.1, 0.15) is 5.76 Å². The maximum atomic E-state index is 10.5. The summed E-state index contributed by atoms with van der Waals surface area (Å²) < 4.78 is 7.45. The second kappa shape index (κ2) is 4.91. The molecule has 17 heavy (non-hydrogen) atoms. The van der Waals surface area contributed by atoms with Crippen LogP contribution < -0.4 is 0 Å². The fourth-order valence-corrected chi connectivity index (χ4v) is 1.89. The van der Waals surface area contributed by atoms with Crippen molar-refractivity contribution in [2.45, 2.75) is 26.3 Å². The molecule has 1 N–H and O–H groups in total. The Bertz CT molecular complexity index is 497. The van der Waals surface area contributed by atoms with Crippen LogP contribution in [0.4, 0.5) is 0 Å². The van der Waals surface area contributed by atoms with Crippen LogP contribution in [0.5, 0.6) is 0 Å². The van der Waals surface area contributed by atoms with Crippen LogP contribution in [0, 0.1) is 6.92 Å². The maximum Gasteiger partial charge on any atom is 0.303 e. The molecule has 0 aliphatic rings. The minimum absolute atomic E-state index is 0.190. The Morgan fingerprint density at radius 3 is 2.88 bits per heavy atom. The fraction of sp³-hybridized carbons (Fsp3) is 0.308. The summed E-state index contributed by atoms with van der Waals surface area (Å²) in [4.78, 5) is 10.5. The van der Waals surface area contributed by atoms with Gasteiger partial charge in [-0.05, 0) is 37.6 Å². The average molecular weight is 233 g/mol. The Morgan fingerprint density at radius 1 is 1.41 bits per heavy atom. The SMILES string of the molecule is Cc1ccc(-c2ccco2)n1CCCC(=O)O. The van der Waals surface area contributed by atoms with Crippen molar-refractivity contribution in [3.8, 4) is 11.5 Å². The van der Waals surface area contributed by atoms with E-state index < -0.39 is 5.97 Å². The minimum Gasteiger partial charge on any atom is -0.481 e. The largest absolute Gasteiger partial charge is 0.481 e. The lowest BCUT2D eigenvalue weighted by Crippen LogP contribution is -2.04. The quantitative estimate of drug-likeness (QED) is 0.863. The number of carboxylic acid groups (broad SMARTS) is 1. The zero-order chi connectivity index (χ0) is 12.3. The maximum absolute atomic E-state index is 10.5. The molecule has 0 aliphatic carbocycles. The molecule has 0 atom stereocenters. The van der Waals surface area contributed by atoms with Gasteiger partial charge in [-0.1, -0.05) is 0 Å². The molecule has 2 rings (SSSR count). The van der Waals surface area contributed by atoms with Crippen LogP contribution >= 0.6 is 0 Å². The number of aliphatic carboxylic acids is 1. The van der Waals surface area contributed by atoms with Crippen molar-refractivity contribution in [1.82, 2.24) is 4.57 Å². The fourth-order valence-electron chi connectivity index (χ4n) is 1.89. The van der Waals surface area contributed by atoms with Crippen molar-refractivity contribution >= 4 is 5.97 Å². The van der Waals surface area contributed by atoms with Crippen LogP contribution in [-0.4, -0.2) is 15.6 Å². The third-order valence-corrected chi connectivity index (χ3v) is 2.74. The van der Waals surface area contributed by atoms with Crippen LogP contribution in [0.25, 0.3) is 11.5 Å². The Balaban J connectivity index is 2.16. The molecule has 4 nitrogen and oxygen atoms in total. The van der Waals surface area contributed by atoms with E-state index in [0.717, 1.165) is 17.1 Å². The van der Waals surface area contributed by atoms with Gasteiger partial charge < -0.3 is 14.1 Å². The molecule has 2 aromatic rings. The predicted molar refractivity (Wildman–Crippen MR) is 63.7 cm³/mol. The first-order valence-electron chi connectivity index (χ1n) is 5.60. The van der Waals surface area contributed by atoms with E-state index in [9.17, 15) is 4.79 Å². The number of carbonyl (C=O) groups is 1. The number of aryl methyl sites for hydroxylation is 1. The van der Waals surface area contributed by atoms with Gasteiger partial charge in [0.25, 0.3) is 0 Å². The number of aromatic nitrogens is 1. The lowest BCUT2D eigenvalue weighted by molar-refractivity contribution is -0.137. The summed E-state index contributed by atoms with van der Waals surface area (Å²) in [7, 11) is 0. The smallest absolute Gasteiger partial charge is 0.303 e. The topological polar surface area (TPSA) is 55.4 Å². The van der Waals surface area contributed by atoms with Crippen molar-refractivity contribution in [2.24, 2.45) is 0 Å². The first-order chi connectivity index (χ1) is 8.18. The van der Waals surface area contributed by atoms with Crippen LogP contribution in [0.1, 0.15) is 18.5 Å². The van der Waals surface area contributed by atoms with E-state index in [-0.39, 0.29) is 6.42 Å². The zero-order valence-corrected chi connectivity index (χ0v) is 9.72. The highest BCUT2D eigenvalue weighted by Crippen LogP contribution is 2.23. The molecule has 0 saturated carbocycles. The van der Waals surface area contributed by atoms with Gasteiger partial charge in [0.2, 0.25) is 0 Å². The summed E-state index contributed by atoms with van der Waals surface area (Å²) in [6.07, 6.45) is 2.45. The Kier molecular flexibility index (Phi) is 3.32. The molecule has 0 aromatic carbocycles. The molecular weight excluding hydrogens is 218 g/mol. The van der Waals surface area contributed by atoms with Crippen LogP contribution in [-0.2, 0) is 11.3 Å². The Labute approximate surface area is 99.5 Å². The zero-order valence-electron chi connectivity index (χ0n) is 9.72. The van der Waals surface area contributed by atoms with Crippen molar-refractivity contribution in [2.75, 3.05) is 0 Å².